The van der Waals surface area contributed by atoms with Gasteiger partial charge in [-0.05, 0) is 57.8 Å². The Morgan fingerprint density at radius 2 is 1.33 bits per heavy atom. The van der Waals surface area contributed by atoms with Gasteiger partial charge in [0.2, 0.25) is 0 Å². The Labute approximate surface area is 157 Å². The minimum absolute atomic E-state index is 0.0197. The lowest BCUT2D eigenvalue weighted by Crippen LogP contribution is -2.62. The first-order chi connectivity index (χ1) is 11.9. The summed E-state index contributed by atoms with van der Waals surface area (Å²) in [6, 6.07) is 0. The lowest BCUT2D eigenvalue weighted by atomic mass is 9.73. The van der Waals surface area contributed by atoms with Crippen molar-refractivity contribution in [1.82, 2.24) is 0 Å². The van der Waals surface area contributed by atoms with E-state index >= 15 is 0 Å². The molecule has 2 bridgehead atoms. The van der Waals surface area contributed by atoms with Crippen molar-refractivity contribution in [1.29, 1.82) is 0 Å². The number of ether oxygens (including phenoxy) is 1. The van der Waals surface area contributed by atoms with Crippen molar-refractivity contribution < 1.29 is 35.9 Å². The fraction of sp³-hybridized carbons (Fsp3) is 0.947. The van der Waals surface area contributed by atoms with Crippen molar-refractivity contribution in [3.8, 4) is 0 Å². The van der Waals surface area contributed by atoms with E-state index in [0.29, 0.717) is 26.2 Å². The monoisotopic (exact) mass is 404 g/mol. The van der Waals surface area contributed by atoms with Crippen molar-refractivity contribution in [2.24, 2.45) is 29.1 Å². The molecule has 2 fully saturated rings. The Hall–Kier alpha value is -0.950. The minimum Gasteiger partial charge on any atom is -0.458 e. The Bertz CT molecular complexity index is 505. The molecular weight excluding hydrogens is 374 g/mol. The zero-order valence-electron chi connectivity index (χ0n) is 16.7. The number of carbonyl (C=O) groups is 1. The first-order valence-electron chi connectivity index (χ1n) is 9.30. The van der Waals surface area contributed by atoms with E-state index in [0.717, 1.165) is 25.2 Å². The molecule has 0 saturated heterocycles. The molecule has 2 rings (SSSR count). The number of hydrogen-bond acceptors (Lipinski definition) is 2. The smallest absolute Gasteiger partial charge is 0.406 e. The van der Waals surface area contributed by atoms with Crippen molar-refractivity contribution in [2.75, 3.05) is 0 Å². The van der Waals surface area contributed by atoms with E-state index in [2.05, 4.69) is 20.8 Å². The average Bonchev–Trinajstić information content (AvgIpc) is 3.05. The normalized spacial score (nSPS) is 26.0. The minimum atomic E-state index is -5.59. The molecule has 3 atom stereocenters. The largest absolute Gasteiger partial charge is 0.458 e. The Morgan fingerprint density at radius 3 is 1.63 bits per heavy atom. The van der Waals surface area contributed by atoms with Gasteiger partial charge >= 0.3 is 18.3 Å². The molecule has 8 heteroatoms. The Kier molecular flexibility index (Phi) is 6.97. The van der Waals surface area contributed by atoms with Crippen molar-refractivity contribution in [2.45, 2.75) is 85.2 Å². The van der Waals surface area contributed by atoms with Crippen LogP contribution in [0.25, 0.3) is 0 Å². The molecule has 0 amide bonds. The lowest BCUT2D eigenvalue weighted by Gasteiger charge is -2.45. The quantitative estimate of drug-likeness (QED) is 0.394. The molecule has 0 aromatic heterocycles. The molecule has 2 saturated carbocycles. The summed E-state index contributed by atoms with van der Waals surface area (Å²) in [5, 5.41) is 0. The highest BCUT2D eigenvalue weighted by molar-refractivity contribution is 5.74. The number of halogens is 6. The van der Waals surface area contributed by atoms with Gasteiger partial charge in [-0.25, -0.2) is 0 Å². The fourth-order valence-electron chi connectivity index (χ4n) is 3.81. The third-order valence-electron chi connectivity index (χ3n) is 5.73. The lowest BCUT2D eigenvalue weighted by molar-refractivity contribution is -0.377. The molecule has 2 aliphatic carbocycles. The highest BCUT2D eigenvalue weighted by Crippen LogP contribution is 2.58. The predicted octanol–water partition coefficient (Wildman–Crippen LogP) is 6.54. The van der Waals surface area contributed by atoms with Crippen LogP contribution in [0.15, 0.2) is 0 Å². The van der Waals surface area contributed by atoms with Gasteiger partial charge in [-0.15, -0.1) is 0 Å². The molecule has 0 heterocycles. The van der Waals surface area contributed by atoms with Crippen LogP contribution in [-0.4, -0.2) is 23.9 Å². The number of rotatable bonds is 3. The highest BCUT2D eigenvalue weighted by Gasteiger charge is 2.75. The molecule has 0 N–H and O–H groups in total. The molecular formula is C19H30F6O2. The third kappa shape index (κ3) is 4.91. The van der Waals surface area contributed by atoms with Crippen LogP contribution in [0, 0.1) is 29.1 Å². The second-order valence-electron chi connectivity index (χ2n) is 9.07. The molecule has 2 nitrogen and oxygen atoms in total. The van der Waals surface area contributed by atoms with Crippen LogP contribution in [0.5, 0.6) is 0 Å². The molecule has 0 aliphatic heterocycles. The molecule has 0 spiro atoms. The molecule has 27 heavy (non-hydrogen) atoms. The summed E-state index contributed by atoms with van der Waals surface area (Å²) in [6.45, 7) is 7.90. The van der Waals surface area contributed by atoms with Gasteiger partial charge in [-0.2, -0.15) is 26.3 Å². The second kappa shape index (κ2) is 7.82. The Balaban J connectivity index is 0.000000828. The van der Waals surface area contributed by atoms with Crippen molar-refractivity contribution in [3.63, 3.8) is 0 Å². The van der Waals surface area contributed by atoms with Gasteiger partial charge in [0.25, 0.3) is 0 Å². The summed E-state index contributed by atoms with van der Waals surface area (Å²) in [5.41, 5.74) is -6.89. The van der Waals surface area contributed by atoms with E-state index in [1.54, 1.807) is 0 Å². The van der Waals surface area contributed by atoms with Crippen LogP contribution in [-0.2, 0) is 9.53 Å². The third-order valence-corrected chi connectivity index (χ3v) is 5.73. The van der Waals surface area contributed by atoms with Gasteiger partial charge in [0.05, 0.1) is 5.92 Å². The Morgan fingerprint density at radius 1 is 0.889 bits per heavy atom. The zero-order valence-corrected chi connectivity index (χ0v) is 16.7. The average molecular weight is 404 g/mol. The van der Waals surface area contributed by atoms with Crippen LogP contribution in [0.4, 0.5) is 26.3 Å². The van der Waals surface area contributed by atoms with Gasteiger partial charge in [-0.3, -0.25) is 4.79 Å². The molecule has 2 aliphatic rings. The summed E-state index contributed by atoms with van der Waals surface area (Å²) in [4.78, 5) is 12.2. The van der Waals surface area contributed by atoms with Crippen LogP contribution in [0.2, 0.25) is 0 Å². The molecule has 0 aromatic rings. The van der Waals surface area contributed by atoms with Crippen molar-refractivity contribution >= 4 is 5.97 Å². The molecule has 0 radical (unpaired) electrons. The number of alkyl halides is 6. The van der Waals surface area contributed by atoms with Gasteiger partial charge in [0.1, 0.15) is 5.60 Å². The van der Waals surface area contributed by atoms with Crippen LogP contribution in [0.3, 0.4) is 0 Å². The van der Waals surface area contributed by atoms with E-state index in [4.69, 9.17) is 4.74 Å². The van der Waals surface area contributed by atoms with Crippen LogP contribution < -0.4 is 0 Å². The maximum atomic E-state index is 13.2. The number of hydrogen-bond donors (Lipinski definition) is 0. The number of carbonyl (C=O) groups excluding carboxylic acids is 1. The SMILES string of the molecule is CC(C)(OC(=O)C1CC2CCC1C2)C(C)(C(F)(F)F)C(F)(F)F.CC(C)C. The van der Waals surface area contributed by atoms with E-state index in [1.807, 2.05) is 0 Å². The first-order valence-corrected chi connectivity index (χ1v) is 9.30. The summed E-state index contributed by atoms with van der Waals surface area (Å²) < 4.78 is 83.8. The fourth-order valence-corrected chi connectivity index (χ4v) is 3.81. The van der Waals surface area contributed by atoms with Crippen molar-refractivity contribution in [3.05, 3.63) is 0 Å². The highest BCUT2D eigenvalue weighted by atomic mass is 19.4. The predicted molar refractivity (Wildman–Crippen MR) is 89.8 cm³/mol. The molecule has 3 unspecified atom stereocenters. The summed E-state index contributed by atoms with van der Waals surface area (Å²) in [7, 11) is 0. The van der Waals surface area contributed by atoms with E-state index in [-0.39, 0.29) is 12.8 Å². The summed E-state index contributed by atoms with van der Waals surface area (Å²) in [6.07, 6.45) is -8.15. The number of esters is 1. The standard InChI is InChI=1S/C15H20F6O2.C4H10/c1-12(2,13(3,14(16,17)18)15(19,20)21)23-11(22)10-7-8-4-5-9(10)6-8;1-4(2)3/h8-10H,4-7H2,1-3H3;4H,1-3H3. The van der Waals surface area contributed by atoms with Gasteiger partial charge in [0, 0.05) is 0 Å². The van der Waals surface area contributed by atoms with E-state index in [1.165, 1.54) is 0 Å². The van der Waals surface area contributed by atoms with E-state index < -0.39 is 35.3 Å². The molecule has 0 aromatic carbocycles. The van der Waals surface area contributed by atoms with Gasteiger partial charge < -0.3 is 4.74 Å². The topological polar surface area (TPSA) is 26.3 Å². The number of fused-ring (bicyclic) bond motifs is 2. The maximum Gasteiger partial charge on any atom is 0.406 e. The molecule has 160 valence electrons. The summed E-state index contributed by atoms with van der Waals surface area (Å²) >= 11 is 0. The van der Waals surface area contributed by atoms with Gasteiger partial charge in [-0.1, -0.05) is 27.2 Å². The second-order valence-corrected chi connectivity index (χ2v) is 9.07. The van der Waals surface area contributed by atoms with Crippen LogP contribution in [0.1, 0.15) is 67.2 Å². The van der Waals surface area contributed by atoms with Crippen LogP contribution >= 0.6 is 0 Å². The van der Waals surface area contributed by atoms with E-state index in [9.17, 15) is 31.1 Å². The maximum absolute atomic E-state index is 13.2. The zero-order chi connectivity index (χ0) is 21.4. The van der Waals surface area contributed by atoms with Gasteiger partial charge in [0.15, 0.2) is 5.41 Å². The first kappa shape index (κ1) is 24.1. The summed E-state index contributed by atoms with van der Waals surface area (Å²) in [5.74, 6) is -0.343.